The fraction of sp³-hybridized carbons (Fsp3) is 0.333. The first-order valence-corrected chi connectivity index (χ1v) is 11.4. The number of carbonyl (C=O) groups is 2. The fourth-order valence-corrected chi connectivity index (χ4v) is 3.87. The number of benzene rings is 2. The van der Waals surface area contributed by atoms with Gasteiger partial charge in [-0.1, -0.05) is 12.5 Å². The van der Waals surface area contributed by atoms with E-state index in [-0.39, 0.29) is 12.3 Å². The third-order valence-corrected chi connectivity index (χ3v) is 5.73. The number of amides is 1. The van der Waals surface area contributed by atoms with E-state index in [1.165, 1.54) is 6.08 Å². The molecule has 3 rings (SSSR count). The number of carbonyl (C=O) groups excluding carboxylic acids is 1. The molecule has 0 bridgehead atoms. The maximum Gasteiger partial charge on any atom is 0.303 e. The molecule has 0 spiro atoms. The Morgan fingerprint density at radius 1 is 0.971 bits per heavy atom. The molecule has 0 saturated carbocycles. The molecule has 0 radical (unpaired) electrons. The van der Waals surface area contributed by atoms with E-state index in [0.29, 0.717) is 35.8 Å². The Labute approximate surface area is 204 Å². The van der Waals surface area contributed by atoms with E-state index < -0.39 is 5.97 Å². The summed E-state index contributed by atoms with van der Waals surface area (Å²) in [5, 5.41) is 12.4. The molecule has 1 amide bonds. The molecular weight excluding hydrogens is 450 g/mol. The number of allylic oxidation sites excluding steroid dienone is 1. The van der Waals surface area contributed by atoms with Crippen molar-refractivity contribution >= 4 is 28.4 Å². The number of furan rings is 1. The Bertz CT molecular complexity index is 1230. The van der Waals surface area contributed by atoms with Crippen LogP contribution in [0, 0.1) is 0 Å². The minimum absolute atomic E-state index is 0.147. The number of hydrogen-bond acceptors (Lipinski definition) is 6. The molecule has 2 aromatic carbocycles. The number of nitrogens with one attached hydrogen (secondary N) is 1. The van der Waals surface area contributed by atoms with E-state index in [2.05, 4.69) is 5.32 Å². The number of fused-ring (bicyclic) bond motifs is 1. The Morgan fingerprint density at radius 2 is 1.71 bits per heavy atom. The van der Waals surface area contributed by atoms with Gasteiger partial charge in [0.05, 0.1) is 27.6 Å². The van der Waals surface area contributed by atoms with Gasteiger partial charge in [-0.15, -0.1) is 0 Å². The third-order valence-electron chi connectivity index (χ3n) is 5.73. The first-order chi connectivity index (χ1) is 16.9. The number of hydrogen-bond donors (Lipinski definition) is 2. The van der Waals surface area contributed by atoms with Gasteiger partial charge >= 0.3 is 5.97 Å². The highest BCUT2D eigenvalue weighted by Gasteiger charge is 2.16. The zero-order valence-electron chi connectivity index (χ0n) is 20.5. The second-order valence-corrected chi connectivity index (χ2v) is 8.09. The van der Waals surface area contributed by atoms with E-state index in [4.69, 9.17) is 23.7 Å². The highest BCUT2D eigenvalue weighted by atomic mass is 16.5. The normalized spacial score (nSPS) is 11.4. The topological polar surface area (TPSA) is 107 Å². The van der Waals surface area contributed by atoms with Gasteiger partial charge in [-0.2, -0.15) is 0 Å². The van der Waals surface area contributed by atoms with E-state index >= 15 is 0 Å². The largest absolute Gasteiger partial charge is 0.496 e. The second-order valence-electron chi connectivity index (χ2n) is 8.09. The zero-order chi connectivity index (χ0) is 25.4. The number of methoxy groups -OCH3 is 3. The van der Waals surface area contributed by atoms with Gasteiger partial charge in [-0.05, 0) is 49.1 Å². The molecule has 0 atom stereocenters. The maximum atomic E-state index is 12.4. The van der Waals surface area contributed by atoms with Gasteiger partial charge in [0.15, 0.2) is 11.5 Å². The monoisotopic (exact) mass is 481 g/mol. The average Bonchev–Trinajstić information content (AvgIpc) is 3.27. The number of carboxylic acid groups (broad SMARTS) is 1. The molecule has 186 valence electrons. The lowest BCUT2D eigenvalue weighted by atomic mass is 9.99. The molecule has 0 unspecified atom stereocenters. The van der Waals surface area contributed by atoms with Gasteiger partial charge < -0.3 is 29.1 Å². The lowest BCUT2D eigenvalue weighted by Gasteiger charge is -2.11. The quantitative estimate of drug-likeness (QED) is 0.267. The Morgan fingerprint density at radius 3 is 2.40 bits per heavy atom. The van der Waals surface area contributed by atoms with Crippen LogP contribution in [0.15, 0.2) is 47.1 Å². The van der Waals surface area contributed by atoms with Gasteiger partial charge in [0.1, 0.15) is 11.3 Å². The molecule has 8 heteroatoms. The van der Waals surface area contributed by atoms with Crippen molar-refractivity contribution in [1.82, 2.24) is 5.32 Å². The van der Waals surface area contributed by atoms with Crippen LogP contribution in [0.2, 0.25) is 0 Å². The summed E-state index contributed by atoms with van der Waals surface area (Å²) in [4.78, 5) is 23.0. The molecule has 2 N–H and O–H groups in total. The highest BCUT2D eigenvalue weighted by molar-refractivity contribution is 6.00. The summed E-state index contributed by atoms with van der Waals surface area (Å²) < 4.78 is 22.1. The summed E-state index contributed by atoms with van der Waals surface area (Å²) in [6.07, 6.45) is 5.45. The van der Waals surface area contributed by atoms with Gasteiger partial charge in [0, 0.05) is 41.6 Å². The van der Waals surface area contributed by atoms with Crippen LogP contribution >= 0.6 is 0 Å². The predicted molar refractivity (Wildman–Crippen MR) is 134 cm³/mol. The minimum Gasteiger partial charge on any atom is -0.496 e. The van der Waals surface area contributed by atoms with Crippen LogP contribution in [0.1, 0.15) is 38.2 Å². The van der Waals surface area contributed by atoms with E-state index in [0.717, 1.165) is 40.5 Å². The molecule has 0 aliphatic rings. The Kier molecular flexibility index (Phi) is 8.78. The molecule has 3 aromatic rings. The number of unbranched alkanes of at least 4 members (excludes halogenated alkanes) is 2. The summed E-state index contributed by atoms with van der Waals surface area (Å²) in [5.41, 5.74) is 3.96. The molecule has 1 heterocycles. The van der Waals surface area contributed by atoms with Crippen LogP contribution < -0.4 is 19.5 Å². The summed E-state index contributed by atoms with van der Waals surface area (Å²) in [5.74, 6) is 0.836. The van der Waals surface area contributed by atoms with Crippen molar-refractivity contribution in [2.75, 3.05) is 27.9 Å². The highest BCUT2D eigenvalue weighted by Crippen LogP contribution is 2.39. The molecule has 1 aromatic heterocycles. The standard InChI is InChI=1S/C27H31NO7/c1-17(12-26(29)28-11-7-5-6-8-27(30)31)19-14-20-21(16-35-24(20)15-23(19)33-3)18-9-10-22(32-2)25(13-18)34-4/h9-10,12-16H,5-8,11H2,1-4H3,(H,28,29)(H,30,31)/b17-12+. The average molecular weight is 482 g/mol. The SMILES string of the molecule is COc1ccc(-c2coc3cc(OC)c(/C(C)=C/C(=O)NCCCCCC(=O)O)cc23)cc1OC. The maximum absolute atomic E-state index is 12.4. The van der Waals surface area contributed by atoms with Crippen LogP contribution in [0.25, 0.3) is 27.7 Å². The van der Waals surface area contributed by atoms with Gasteiger partial charge in [-0.25, -0.2) is 0 Å². The fourth-order valence-electron chi connectivity index (χ4n) is 3.87. The van der Waals surface area contributed by atoms with Gasteiger partial charge in [-0.3, -0.25) is 9.59 Å². The van der Waals surface area contributed by atoms with Crippen molar-refractivity contribution in [3.05, 3.63) is 48.2 Å². The molecule has 0 aliphatic carbocycles. The number of carboxylic acids is 1. The molecule has 0 saturated heterocycles. The summed E-state index contributed by atoms with van der Waals surface area (Å²) in [6.45, 7) is 2.34. The van der Waals surface area contributed by atoms with Crippen LogP contribution in [0.3, 0.4) is 0 Å². The number of rotatable bonds is 12. The lowest BCUT2D eigenvalue weighted by Crippen LogP contribution is -2.22. The van der Waals surface area contributed by atoms with Crippen molar-refractivity contribution in [1.29, 1.82) is 0 Å². The number of aliphatic carboxylic acids is 1. The Balaban J connectivity index is 1.83. The summed E-state index contributed by atoms with van der Waals surface area (Å²) in [7, 11) is 4.76. The molecule has 35 heavy (non-hydrogen) atoms. The smallest absolute Gasteiger partial charge is 0.303 e. The van der Waals surface area contributed by atoms with E-state index in [1.807, 2.05) is 37.3 Å². The van der Waals surface area contributed by atoms with Crippen molar-refractivity contribution in [2.45, 2.75) is 32.6 Å². The van der Waals surface area contributed by atoms with Crippen LogP contribution in [0.4, 0.5) is 0 Å². The summed E-state index contributed by atoms with van der Waals surface area (Å²) in [6, 6.07) is 9.43. The third kappa shape index (κ3) is 6.35. The van der Waals surface area contributed by atoms with Crippen molar-refractivity contribution in [3.8, 4) is 28.4 Å². The van der Waals surface area contributed by atoms with Gasteiger partial charge in [0.2, 0.25) is 5.91 Å². The second kappa shape index (κ2) is 12.0. The summed E-state index contributed by atoms with van der Waals surface area (Å²) >= 11 is 0. The van der Waals surface area contributed by atoms with Crippen LogP contribution in [-0.4, -0.2) is 44.9 Å². The van der Waals surface area contributed by atoms with Gasteiger partial charge in [0.25, 0.3) is 0 Å². The molecular formula is C27H31NO7. The van der Waals surface area contributed by atoms with Crippen molar-refractivity contribution < 1.29 is 33.3 Å². The van der Waals surface area contributed by atoms with E-state index in [1.54, 1.807) is 27.6 Å². The molecule has 8 nitrogen and oxygen atoms in total. The van der Waals surface area contributed by atoms with Crippen molar-refractivity contribution in [3.63, 3.8) is 0 Å². The molecule has 0 aliphatic heterocycles. The zero-order valence-corrected chi connectivity index (χ0v) is 20.5. The first kappa shape index (κ1) is 25.7. The van der Waals surface area contributed by atoms with Crippen molar-refractivity contribution in [2.24, 2.45) is 0 Å². The lowest BCUT2D eigenvalue weighted by molar-refractivity contribution is -0.137. The first-order valence-electron chi connectivity index (χ1n) is 11.4. The predicted octanol–water partition coefficient (Wildman–Crippen LogP) is 5.29. The Hall–Kier alpha value is -3.94. The number of ether oxygens (including phenoxy) is 3. The molecule has 0 fully saturated rings. The van der Waals surface area contributed by atoms with Crippen LogP contribution in [0.5, 0.6) is 17.2 Å². The van der Waals surface area contributed by atoms with Crippen LogP contribution in [-0.2, 0) is 9.59 Å². The minimum atomic E-state index is -0.801. The van der Waals surface area contributed by atoms with E-state index in [9.17, 15) is 9.59 Å².